The van der Waals surface area contributed by atoms with Gasteiger partial charge in [-0.3, -0.25) is 14.4 Å². The molecule has 3 unspecified atom stereocenters. The number of nitrogens with zero attached hydrogens (tertiary/aromatic N) is 2. The van der Waals surface area contributed by atoms with E-state index in [1.807, 2.05) is 30.3 Å². The number of carbonyl (C=O) groups is 3. The van der Waals surface area contributed by atoms with Gasteiger partial charge < -0.3 is 24.4 Å². The monoisotopic (exact) mass is 602 g/mol. The summed E-state index contributed by atoms with van der Waals surface area (Å²) in [4.78, 5) is 44.9. The minimum atomic E-state index is -1.11. The van der Waals surface area contributed by atoms with Crippen LogP contribution in [0.1, 0.15) is 44.1 Å². The minimum absolute atomic E-state index is 0.127. The summed E-state index contributed by atoms with van der Waals surface area (Å²) < 4.78 is 12.1. The number of hydrogen-bond donors (Lipinski definition) is 1. The van der Waals surface area contributed by atoms with Crippen molar-refractivity contribution in [1.82, 2.24) is 9.80 Å². The molecule has 0 radical (unpaired) electrons. The fraction of sp³-hybridized carbons (Fsp3) is 0.567. The van der Waals surface area contributed by atoms with Gasteiger partial charge in [0.15, 0.2) is 0 Å². The third-order valence-corrected chi connectivity index (χ3v) is 8.89. The Morgan fingerprint density at radius 1 is 1.18 bits per heavy atom. The summed E-state index contributed by atoms with van der Waals surface area (Å²) in [5.74, 6) is -2.44. The first-order valence-corrected chi connectivity index (χ1v) is 14.8. The number of aliphatic hydroxyl groups excluding tert-OH is 1. The molecule has 6 atom stereocenters. The Labute approximate surface area is 239 Å². The van der Waals surface area contributed by atoms with Gasteiger partial charge in [0, 0.05) is 31.1 Å². The first-order chi connectivity index (χ1) is 18.9. The number of fused-ring (bicyclic) bond motifs is 1. The fourth-order valence-corrected chi connectivity index (χ4v) is 7.31. The van der Waals surface area contributed by atoms with E-state index in [4.69, 9.17) is 14.6 Å². The largest absolute Gasteiger partial charge is 0.465 e. The second-order valence-corrected chi connectivity index (χ2v) is 11.7. The van der Waals surface area contributed by atoms with E-state index in [-0.39, 0.29) is 29.9 Å². The highest BCUT2D eigenvalue weighted by Gasteiger charge is 2.77. The fourth-order valence-electron chi connectivity index (χ4n) is 6.37. The lowest BCUT2D eigenvalue weighted by Gasteiger charge is -2.37. The third-order valence-electron chi connectivity index (χ3n) is 8.05. The van der Waals surface area contributed by atoms with Crippen LogP contribution in [0, 0.1) is 11.8 Å². The summed E-state index contributed by atoms with van der Waals surface area (Å²) in [5.41, 5.74) is -0.142. The number of benzene rings is 1. The van der Waals surface area contributed by atoms with Crippen molar-refractivity contribution in [2.24, 2.45) is 11.8 Å². The molecule has 0 aliphatic carbocycles. The first-order valence-electron chi connectivity index (χ1n) is 13.8. The standard InChI is InChI=1S/C30H39BrN2O6/c1-3-5-18-38-29(37)23-24-27(35)33(16-11-6-7-12-17-34)26(30(24)19-22(31)25(23)39-30)28(36)32(15-4-2)20-21-13-9-8-10-14-21/h3-4,8-10,13-14,22-26,34H,1-2,5-7,11-12,15-20H2/t22?,23-,24-,25-,26?,30?/m0/s1. The molecule has 1 aromatic rings. The topological polar surface area (TPSA) is 96.4 Å². The van der Waals surface area contributed by atoms with Crippen LogP contribution in [0.3, 0.4) is 0 Å². The molecular formula is C30H39BrN2O6. The third kappa shape index (κ3) is 5.86. The number of likely N-dealkylation sites (tertiary alicyclic amines) is 1. The summed E-state index contributed by atoms with van der Waals surface area (Å²) in [6.07, 6.45) is 6.83. The van der Waals surface area contributed by atoms with Gasteiger partial charge in [0.25, 0.3) is 0 Å². The van der Waals surface area contributed by atoms with Crippen molar-refractivity contribution >= 4 is 33.7 Å². The number of alkyl halides is 1. The van der Waals surface area contributed by atoms with E-state index in [2.05, 4.69) is 29.1 Å². The zero-order chi connectivity index (χ0) is 28.0. The maximum Gasteiger partial charge on any atom is 0.312 e. The molecule has 212 valence electrons. The van der Waals surface area contributed by atoms with E-state index in [1.165, 1.54) is 0 Å². The van der Waals surface area contributed by atoms with E-state index in [9.17, 15) is 14.4 Å². The predicted octanol–water partition coefficient (Wildman–Crippen LogP) is 3.62. The maximum absolute atomic E-state index is 14.4. The van der Waals surface area contributed by atoms with Crippen molar-refractivity contribution in [3.05, 3.63) is 61.2 Å². The molecule has 4 rings (SSSR count). The number of carbonyl (C=O) groups excluding carboxylic acids is 3. The van der Waals surface area contributed by atoms with Crippen molar-refractivity contribution in [3.63, 3.8) is 0 Å². The average Bonchev–Trinajstić information content (AvgIpc) is 3.52. The van der Waals surface area contributed by atoms with Crippen LogP contribution in [-0.2, 0) is 30.4 Å². The van der Waals surface area contributed by atoms with E-state index in [1.54, 1.807) is 22.0 Å². The van der Waals surface area contributed by atoms with Crippen LogP contribution < -0.4 is 0 Å². The second kappa shape index (κ2) is 13.2. The summed E-state index contributed by atoms with van der Waals surface area (Å²) in [6.45, 7) is 8.91. The molecular weight excluding hydrogens is 564 g/mol. The highest BCUT2D eigenvalue weighted by Crippen LogP contribution is 2.60. The van der Waals surface area contributed by atoms with Crippen molar-refractivity contribution in [3.8, 4) is 0 Å². The van der Waals surface area contributed by atoms with Gasteiger partial charge >= 0.3 is 5.97 Å². The van der Waals surface area contributed by atoms with E-state index in [0.29, 0.717) is 45.3 Å². The molecule has 9 heteroatoms. The predicted molar refractivity (Wildman–Crippen MR) is 151 cm³/mol. The van der Waals surface area contributed by atoms with Gasteiger partial charge in [-0.2, -0.15) is 0 Å². The van der Waals surface area contributed by atoms with Crippen LogP contribution in [-0.4, -0.2) is 81.6 Å². The molecule has 3 heterocycles. The Hall–Kier alpha value is -2.49. The Morgan fingerprint density at radius 2 is 1.92 bits per heavy atom. The van der Waals surface area contributed by atoms with Crippen molar-refractivity contribution in [2.75, 3.05) is 26.3 Å². The van der Waals surface area contributed by atoms with Gasteiger partial charge in [-0.05, 0) is 31.2 Å². The molecule has 8 nitrogen and oxygen atoms in total. The van der Waals surface area contributed by atoms with Gasteiger partial charge in [-0.1, -0.05) is 71.3 Å². The van der Waals surface area contributed by atoms with Crippen molar-refractivity contribution < 1.29 is 29.0 Å². The van der Waals surface area contributed by atoms with Crippen LogP contribution in [0.25, 0.3) is 0 Å². The maximum atomic E-state index is 14.4. The number of amides is 2. The molecule has 3 saturated heterocycles. The van der Waals surface area contributed by atoms with E-state index in [0.717, 1.165) is 18.4 Å². The highest BCUT2D eigenvalue weighted by atomic mass is 79.9. The lowest BCUT2D eigenvalue weighted by atomic mass is 9.70. The second-order valence-electron chi connectivity index (χ2n) is 10.6. The van der Waals surface area contributed by atoms with Crippen LogP contribution in [0.5, 0.6) is 0 Å². The molecule has 0 saturated carbocycles. The zero-order valence-electron chi connectivity index (χ0n) is 22.4. The van der Waals surface area contributed by atoms with Crippen LogP contribution in [0.4, 0.5) is 0 Å². The number of unbranched alkanes of at least 4 members (excludes halogenated alkanes) is 3. The Bertz CT molecular complexity index is 1050. The normalized spacial score (nSPS) is 28.8. The van der Waals surface area contributed by atoms with Crippen LogP contribution >= 0.6 is 15.9 Å². The first kappa shape index (κ1) is 29.5. The number of aliphatic hydroxyl groups is 1. The lowest BCUT2D eigenvalue weighted by Crippen LogP contribution is -2.56. The summed E-state index contributed by atoms with van der Waals surface area (Å²) in [7, 11) is 0. The molecule has 1 aromatic carbocycles. The van der Waals surface area contributed by atoms with Gasteiger partial charge in [0.2, 0.25) is 11.8 Å². The summed E-state index contributed by atoms with van der Waals surface area (Å²) >= 11 is 3.69. The van der Waals surface area contributed by atoms with Gasteiger partial charge in [-0.15, -0.1) is 13.2 Å². The molecule has 3 aliphatic heterocycles. The van der Waals surface area contributed by atoms with Crippen molar-refractivity contribution in [1.29, 1.82) is 0 Å². The lowest BCUT2D eigenvalue weighted by molar-refractivity contribution is -0.155. The SMILES string of the molecule is C=CCCOC(=O)[C@H]1[C@H]2C(=O)N(CCCCCCO)C(C(=O)N(CC=C)Cc3ccccc3)C23CC(Br)[C@@H]1O3. The molecule has 2 amide bonds. The van der Waals surface area contributed by atoms with Crippen LogP contribution in [0.15, 0.2) is 55.6 Å². The molecule has 3 fully saturated rings. The molecule has 3 aliphatic rings. The summed E-state index contributed by atoms with van der Waals surface area (Å²) in [5, 5.41) is 9.14. The van der Waals surface area contributed by atoms with E-state index >= 15 is 0 Å². The number of esters is 1. The van der Waals surface area contributed by atoms with Gasteiger partial charge in [-0.25, -0.2) is 0 Å². The molecule has 39 heavy (non-hydrogen) atoms. The van der Waals surface area contributed by atoms with E-state index < -0.39 is 35.6 Å². The minimum Gasteiger partial charge on any atom is -0.465 e. The Balaban J connectivity index is 1.66. The van der Waals surface area contributed by atoms with Gasteiger partial charge in [0.05, 0.1) is 24.5 Å². The number of hydrogen-bond acceptors (Lipinski definition) is 6. The average molecular weight is 604 g/mol. The highest BCUT2D eigenvalue weighted by molar-refractivity contribution is 9.09. The van der Waals surface area contributed by atoms with Crippen LogP contribution in [0.2, 0.25) is 0 Å². The Morgan fingerprint density at radius 3 is 2.62 bits per heavy atom. The van der Waals surface area contributed by atoms with Gasteiger partial charge in [0.1, 0.15) is 11.6 Å². The number of rotatable bonds is 15. The number of halogens is 1. The molecule has 2 bridgehead atoms. The molecule has 1 N–H and O–H groups in total. The zero-order valence-corrected chi connectivity index (χ0v) is 24.0. The molecule has 0 aromatic heterocycles. The van der Waals surface area contributed by atoms with Crippen molar-refractivity contribution in [2.45, 2.75) is 67.6 Å². The molecule has 1 spiro atoms. The quantitative estimate of drug-likeness (QED) is 0.143. The Kier molecular flexibility index (Phi) is 10.0. The summed E-state index contributed by atoms with van der Waals surface area (Å²) in [6, 6.07) is 8.86. The number of ether oxygens (including phenoxy) is 2. The smallest absolute Gasteiger partial charge is 0.312 e.